The Morgan fingerprint density at radius 3 is 2.77 bits per heavy atom. The number of nitrogens with one attached hydrogen (secondary N) is 1. The SMILES string of the molecule is C[C@@H](NC(=O)CSc1nnc(-c2ccco2)n1-c1ccccc1)C1CC1. The van der Waals surface area contributed by atoms with E-state index in [0.717, 1.165) is 5.69 Å². The number of hydrogen-bond donors (Lipinski definition) is 1. The number of benzene rings is 1. The predicted molar refractivity (Wildman–Crippen MR) is 100 cm³/mol. The van der Waals surface area contributed by atoms with E-state index in [9.17, 15) is 4.79 Å². The third-order valence-electron chi connectivity index (χ3n) is 4.44. The van der Waals surface area contributed by atoms with Crippen LogP contribution in [0.25, 0.3) is 17.3 Å². The van der Waals surface area contributed by atoms with Crippen molar-refractivity contribution in [3.05, 3.63) is 48.7 Å². The van der Waals surface area contributed by atoms with E-state index in [1.807, 2.05) is 47.0 Å². The first-order chi connectivity index (χ1) is 12.7. The van der Waals surface area contributed by atoms with Crippen LogP contribution in [0.2, 0.25) is 0 Å². The van der Waals surface area contributed by atoms with Crippen molar-refractivity contribution in [3.63, 3.8) is 0 Å². The van der Waals surface area contributed by atoms with E-state index >= 15 is 0 Å². The molecule has 134 valence electrons. The Kier molecular flexibility index (Phi) is 4.79. The first-order valence-electron chi connectivity index (χ1n) is 8.69. The van der Waals surface area contributed by atoms with Gasteiger partial charge in [-0.15, -0.1) is 10.2 Å². The Balaban J connectivity index is 1.55. The van der Waals surface area contributed by atoms with Crippen molar-refractivity contribution in [2.45, 2.75) is 31.0 Å². The van der Waals surface area contributed by atoms with Crippen LogP contribution in [-0.2, 0) is 4.79 Å². The number of aromatic nitrogens is 3. The van der Waals surface area contributed by atoms with Gasteiger partial charge in [0.1, 0.15) is 0 Å². The van der Waals surface area contributed by atoms with Gasteiger partial charge in [-0.1, -0.05) is 30.0 Å². The van der Waals surface area contributed by atoms with Gasteiger partial charge in [-0.25, -0.2) is 0 Å². The number of hydrogen-bond acceptors (Lipinski definition) is 5. The van der Waals surface area contributed by atoms with Crippen LogP contribution in [0.1, 0.15) is 19.8 Å². The van der Waals surface area contributed by atoms with Gasteiger partial charge < -0.3 is 9.73 Å². The van der Waals surface area contributed by atoms with Gasteiger partial charge in [0.05, 0.1) is 12.0 Å². The van der Waals surface area contributed by atoms with Gasteiger partial charge in [-0.3, -0.25) is 9.36 Å². The first kappa shape index (κ1) is 16.9. The van der Waals surface area contributed by atoms with Gasteiger partial charge in [-0.05, 0) is 49.9 Å². The normalized spacial score (nSPS) is 15.0. The summed E-state index contributed by atoms with van der Waals surface area (Å²) in [5.41, 5.74) is 0.929. The smallest absolute Gasteiger partial charge is 0.230 e. The Bertz CT molecular complexity index is 872. The summed E-state index contributed by atoms with van der Waals surface area (Å²) in [5, 5.41) is 12.3. The first-order valence-corrected chi connectivity index (χ1v) is 9.68. The van der Waals surface area contributed by atoms with E-state index in [4.69, 9.17) is 4.42 Å². The third-order valence-corrected chi connectivity index (χ3v) is 5.37. The minimum Gasteiger partial charge on any atom is -0.461 e. The highest BCUT2D eigenvalue weighted by molar-refractivity contribution is 7.99. The molecule has 0 aliphatic heterocycles. The van der Waals surface area contributed by atoms with Crippen molar-refractivity contribution in [1.82, 2.24) is 20.1 Å². The number of thioether (sulfide) groups is 1. The molecular weight excluding hydrogens is 348 g/mol. The van der Waals surface area contributed by atoms with E-state index in [2.05, 4.69) is 22.4 Å². The fourth-order valence-electron chi connectivity index (χ4n) is 2.88. The molecule has 0 radical (unpaired) electrons. The zero-order valence-electron chi connectivity index (χ0n) is 14.5. The summed E-state index contributed by atoms with van der Waals surface area (Å²) in [5.74, 6) is 2.23. The zero-order chi connectivity index (χ0) is 17.9. The molecule has 1 N–H and O–H groups in total. The molecule has 1 fully saturated rings. The molecule has 0 unspecified atom stereocenters. The standard InChI is InChI=1S/C19H20N4O2S/c1-13(14-9-10-14)20-17(24)12-26-19-22-21-18(16-8-5-11-25-16)23(19)15-6-3-2-4-7-15/h2-8,11,13-14H,9-10,12H2,1H3,(H,20,24)/t13-/m1/s1. The Morgan fingerprint density at radius 1 is 1.27 bits per heavy atom. The lowest BCUT2D eigenvalue weighted by Crippen LogP contribution is -2.35. The fourth-order valence-corrected chi connectivity index (χ4v) is 3.64. The van der Waals surface area contributed by atoms with Gasteiger partial charge in [-0.2, -0.15) is 0 Å². The van der Waals surface area contributed by atoms with Gasteiger partial charge in [0.2, 0.25) is 11.7 Å². The van der Waals surface area contributed by atoms with E-state index in [-0.39, 0.29) is 11.9 Å². The van der Waals surface area contributed by atoms with Crippen molar-refractivity contribution in [2.24, 2.45) is 5.92 Å². The number of rotatable bonds is 7. The summed E-state index contributed by atoms with van der Waals surface area (Å²) in [7, 11) is 0. The van der Waals surface area contributed by atoms with Crippen molar-refractivity contribution >= 4 is 17.7 Å². The number of nitrogens with zero attached hydrogens (tertiary/aromatic N) is 3. The zero-order valence-corrected chi connectivity index (χ0v) is 15.3. The van der Waals surface area contributed by atoms with Crippen LogP contribution < -0.4 is 5.32 Å². The van der Waals surface area contributed by atoms with Crippen molar-refractivity contribution in [1.29, 1.82) is 0 Å². The molecule has 7 heteroatoms. The molecule has 2 heterocycles. The summed E-state index contributed by atoms with van der Waals surface area (Å²) in [6, 6.07) is 13.7. The molecule has 1 atom stereocenters. The lowest BCUT2D eigenvalue weighted by molar-refractivity contribution is -0.119. The molecule has 26 heavy (non-hydrogen) atoms. The fraction of sp³-hybridized carbons (Fsp3) is 0.316. The summed E-state index contributed by atoms with van der Waals surface area (Å²) in [6.07, 6.45) is 4.03. The van der Waals surface area contributed by atoms with Crippen LogP contribution in [0.15, 0.2) is 58.3 Å². The third kappa shape index (κ3) is 3.67. The second-order valence-electron chi connectivity index (χ2n) is 6.44. The molecule has 0 saturated heterocycles. The number of amides is 1. The topological polar surface area (TPSA) is 73.0 Å². The van der Waals surface area contributed by atoms with E-state index < -0.39 is 0 Å². The monoisotopic (exact) mass is 368 g/mol. The van der Waals surface area contributed by atoms with Crippen LogP contribution in [0, 0.1) is 5.92 Å². The lowest BCUT2D eigenvalue weighted by atomic mass is 10.2. The molecule has 1 saturated carbocycles. The van der Waals surface area contributed by atoms with Crippen LogP contribution in [0.4, 0.5) is 0 Å². The molecule has 1 amide bonds. The lowest BCUT2D eigenvalue weighted by Gasteiger charge is -2.13. The molecule has 0 spiro atoms. The highest BCUT2D eigenvalue weighted by atomic mass is 32.2. The van der Waals surface area contributed by atoms with Gasteiger partial charge in [0, 0.05) is 11.7 Å². The summed E-state index contributed by atoms with van der Waals surface area (Å²) >= 11 is 1.38. The summed E-state index contributed by atoms with van der Waals surface area (Å²) in [6.45, 7) is 2.07. The average molecular weight is 368 g/mol. The second kappa shape index (κ2) is 7.37. The maximum atomic E-state index is 12.2. The van der Waals surface area contributed by atoms with Crippen molar-refractivity contribution in [2.75, 3.05) is 5.75 Å². The van der Waals surface area contributed by atoms with Crippen LogP contribution in [0.3, 0.4) is 0 Å². The summed E-state index contributed by atoms with van der Waals surface area (Å²) < 4.78 is 7.41. The molecule has 1 aliphatic carbocycles. The maximum Gasteiger partial charge on any atom is 0.230 e. The molecule has 4 rings (SSSR count). The Morgan fingerprint density at radius 2 is 2.08 bits per heavy atom. The Hall–Kier alpha value is -2.54. The summed E-state index contributed by atoms with van der Waals surface area (Å²) in [4.78, 5) is 12.2. The Labute approximate surface area is 156 Å². The highest BCUT2D eigenvalue weighted by Crippen LogP contribution is 2.32. The molecule has 2 aromatic heterocycles. The number of para-hydroxylation sites is 1. The van der Waals surface area contributed by atoms with Crippen molar-refractivity contribution in [3.8, 4) is 17.3 Å². The van der Waals surface area contributed by atoms with E-state index in [1.165, 1.54) is 24.6 Å². The minimum atomic E-state index is 0.0246. The quantitative estimate of drug-likeness (QED) is 0.646. The van der Waals surface area contributed by atoms with Gasteiger partial charge in [0.25, 0.3) is 0 Å². The van der Waals surface area contributed by atoms with Crippen LogP contribution >= 0.6 is 11.8 Å². The molecule has 6 nitrogen and oxygen atoms in total. The minimum absolute atomic E-state index is 0.0246. The van der Waals surface area contributed by atoms with Crippen molar-refractivity contribution < 1.29 is 9.21 Å². The number of carbonyl (C=O) groups is 1. The van der Waals surface area contributed by atoms with Crippen LogP contribution in [0.5, 0.6) is 0 Å². The predicted octanol–water partition coefficient (Wildman–Crippen LogP) is 3.53. The second-order valence-corrected chi connectivity index (χ2v) is 7.38. The largest absolute Gasteiger partial charge is 0.461 e. The molecule has 1 aromatic carbocycles. The van der Waals surface area contributed by atoms with E-state index in [0.29, 0.717) is 28.4 Å². The average Bonchev–Trinajstić information content (AvgIpc) is 3.21. The molecule has 0 bridgehead atoms. The molecular formula is C19H20N4O2S. The highest BCUT2D eigenvalue weighted by Gasteiger charge is 2.29. The van der Waals surface area contributed by atoms with E-state index in [1.54, 1.807) is 6.26 Å². The number of carbonyl (C=O) groups excluding carboxylic acids is 1. The molecule has 1 aliphatic rings. The van der Waals surface area contributed by atoms with Crippen LogP contribution in [-0.4, -0.2) is 32.5 Å². The molecule has 3 aromatic rings. The number of furan rings is 1. The van der Waals surface area contributed by atoms with Gasteiger partial charge >= 0.3 is 0 Å². The van der Waals surface area contributed by atoms with Gasteiger partial charge in [0.15, 0.2) is 10.9 Å². The maximum absolute atomic E-state index is 12.2.